The van der Waals surface area contributed by atoms with E-state index in [0.29, 0.717) is 16.9 Å². The Labute approximate surface area is 166 Å². The van der Waals surface area contributed by atoms with E-state index in [0.717, 1.165) is 27.8 Å². The lowest BCUT2D eigenvalue weighted by Gasteiger charge is -2.10. The van der Waals surface area contributed by atoms with Crippen molar-refractivity contribution in [1.29, 1.82) is 0 Å². The molecule has 5 nitrogen and oxygen atoms in total. The molecule has 0 radical (unpaired) electrons. The van der Waals surface area contributed by atoms with Gasteiger partial charge in [0.05, 0.1) is 24.8 Å². The predicted molar refractivity (Wildman–Crippen MR) is 109 cm³/mol. The first-order chi connectivity index (χ1) is 13.2. The van der Waals surface area contributed by atoms with Crippen molar-refractivity contribution in [2.45, 2.75) is 12.4 Å². The molecule has 7 heteroatoms. The van der Waals surface area contributed by atoms with Gasteiger partial charge in [-0.15, -0.1) is 0 Å². The average Bonchev–Trinajstić information content (AvgIpc) is 3.24. The Morgan fingerprint density at radius 2 is 1.89 bits per heavy atom. The van der Waals surface area contributed by atoms with Crippen molar-refractivity contribution in [1.82, 2.24) is 0 Å². The molecule has 1 aliphatic heterocycles. The van der Waals surface area contributed by atoms with Crippen molar-refractivity contribution in [3.05, 3.63) is 70.8 Å². The largest absolute Gasteiger partial charge is 0.465 e. The van der Waals surface area contributed by atoms with Crippen LogP contribution in [0.5, 0.6) is 0 Å². The number of thioether (sulfide) groups is 2. The van der Waals surface area contributed by atoms with Crippen LogP contribution in [-0.2, 0) is 21.8 Å². The highest BCUT2D eigenvalue weighted by molar-refractivity contribution is 8.38. The van der Waals surface area contributed by atoms with Crippen molar-refractivity contribution < 1.29 is 19.1 Å². The number of carbonyl (C=O) groups is 2. The zero-order chi connectivity index (χ0) is 19.1. The standard InChI is InChI=1S/C20H19NO4S2/c1-24-18(22)15-8-6-14(7-9-15)12-25-19(23)17-5-3-2-4-16(17)13-27-20-21-10-11-26-20/h2-9H,10-13H2,1H3. The Hall–Kier alpha value is -2.25. The van der Waals surface area contributed by atoms with Crippen molar-refractivity contribution >= 4 is 39.8 Å². The number of benzene rings is 2. The van der Waals surface area contributed by atoms with Gasteiger partial charge in [0.1, 0.15) is 11.0 Å². The first-order valence-corrected chi connectivity index (χ1v) is 10.4. The first-order valence-electron chi connectivity index (χ1n) is 8.39. The molecule has 0 saturated carbocycles. The zero-order valence-corrected chi connectivity index (χ0v) is 16.5. The van der Waals surface area contributed by atoms with E-state index < -0.39 is 5.97 Å². The van der Waals surface area contributed by atoms with Crippen LogP contribution in [0.15, 0.2) is 53.5 Å². The number of methoxy groups -OCH3 is 1. The third-order valence-electron chi connectivity index (χ3n) is 3.89. The van der Waals surface area contributed by atoms with Gasteiger partial charge in [-0.3, -0.25) is 4.99 Å². The van der Waals surface area contributed by atoms with E-state index >= 15 is 0 Å². The monoisotopic (exact) mass is 401 g/mol. The molecule has 1 heterocycles. The van der Waals surface area contributed by atoms with Crippen molar-refractivity contribution in [3.63, 3.8) is 0 Å². The Morgan fingerprint density at radius 1 is 1.11 bits per heavy atom. The molecule has 0 saturated heterocycles. The van der Waals surface area contributed by atoms with Gasteiger partial charge in [0.2, 0.25) is 0 Å². The number of carbonyl (C=O) groups excluding carboxylic acids is 2. The van der Waals surface area contributed by atoms with Gasteiger partial charge in [0.15, 0.2) is 0 Å². The van der Waals surface area contributed by atoms with Gasteiger partial charge in [0, 0.05) is 11.5 Å². The van der Waals surface area contributed by atoms with Crippen LogP contribution in [-0.4, -0.2) is 35.7 Å². The lowest BCUT2D eigenvalue weighted by atomic mass is 10.1. The summed E-state index contributed by atoms with van der Waals surface area (Å²) in [5, 5.41) is 0. The number of hydrogen-bond donors (Lipinski definition) is 0. The molecule has 27 heavy (non-hydrogen) atoms. The lowest BCUT2D eigenvalue weighted by Crippen LogP contribution is -2.08. The third-order valence-corrected chi connectivity index (χ3v) is 6.19. The quantitative estimate of drug-likeness (QED) is 0.677. The van der Waals surface area contributed by atoms with Crippen molar-refractivity contribution in [3.8, 4) is 0 Å². The van der Waals surface area contributed by atoms with Crippen LogP contribution in [0.1, 0.15) is 31.8 Å². The van der Waals surface area contributed by atoms with Crippen LogP contribution in [0.4, 0.5) is 0 Å². The number of aliphatic imine (C=N–C) groups is 1. The zero-order valence-electron chi connectivity index (χ0n) is 14.8. The summed E-state index contributed by atoms with van der Waals surface area (Å²) in [7, 11) is 1.34. The molecule has 0 amide bonds. The second-order valence-corrected chi connectivity index (χ2v) is 8.01. The molecule has 0 spiro atoms. The molecule has 1 aliphatic rings. The summed E-state index contributed by atoms with van der Waals surface area (Å²) < 4.78 is 11.2. The summed E-state index contributed by atoms with van der Waals surface area (Å²) in [6, 6.07) is 14.3. The van der Waals surface area contributed by atoms with Gasteiger partial charge in [0.25, 0.3) is 0 Å². The fourth-order valence-corrected chi connectivity index (χ4v) is 4.48. The first kappa shape index (κ1) is 19.5. The van der Waals surface area contributed by atoms with E-state index in [2.05, 4.69) is 9.73 Å². The summed E-state index contributed by atoms with van der Waals surface area (Å²) in [5.74, 6) is 0.963. The summed E-state index contributed by atoms with van der Waals surface area (Å²) in [4.78, 5) is 28.4. The highest BCUT2D eigenvalue weighted by Crippen LogP contribution is 2.26. The maximum absolute atomic E-state index is 12.5. The van der Waals surface area contributed by atoms with Gasteiger partial charge in [-0.2, -0.15) is 0 Å². The molecule has 140 valence electrons. The predicted octanol–water partition coefficient (Wildman–Crippen LogP) is 4.17. The maximum atomic E-state index is 12.5. The molecule has 0 atom stereocenters. The summed E-state index contributed by atoms with van der Waals surface area (Å²) in [6.45, 7) is 1.01. The van der Waals surface area contributed by atoms with Crippen LogP contribution in [0.3, 0.4) is 0 Å². The fraction of sp³-hybridized carbons (Fsp3) is 0.250. The van der Waals surface area contributed by atoms with E-state index in [4.69, 9.17) is 4.74 Å². The van der Waals surface area contributed by atoms with E-state index in [9.17, 15) is 9.59 Å². The van der Waals surface area contributed by atoms with Crippen LogP contribution in [0.2, 0.25) is 0 Å². The van der Waals surface area contributed by atoms with Gasteiger partial charge >= 0.3 is 11.9 Å². The Kier molecular flexibility index (Phi) is 6.95. The van der Waals surface area contributed by atoms with Gasteiger partial charge in [-0.05, 0) is 29.3 Å². The summed E-state index contributed by atoms with van der Waals surface area (Å²) in [6.07, 6.45) is 0. The van der Waals surface area contributed by atoms with Crippen molar-refractivity contribution in [2.24, 2.45) is 4.99 Å². The molecule has 0 fully saturated rings. The highest BCUT2D eigenvalue weighted by Gasteiger charge is 2.15. The van der Waals surface area contributed by atoms with Gasteiger partial charge < -0.3 is 9.47 Å². The molecule has 2 aromatic carbocycles. The smallest absolute Gasteiger partial charge is 0.338 e. The topological polar surface area (TPSA) is 65.0 Å². The van der Waals surface area contributed by atoms with E-state index in [1.807, 2.05) is 18.2 Å². The Bertz CT molecular complexity index is 849. The minimum absolute atomic E-state index is 0.143. The molecule has 3 rings (SSSR count). The fourth-order valence-electron chi connectivity index (χ4n) is 2.47. The maximum Gasteiger partial charge on any atom is 0.338 e. The summed E-state index contributed by atoms with van der Waals surface area (Å²) in [5.41, 5.74) is 2.77. The number of esters is 2. The molecule has 0 aromatic heterocycles. The number of rotatable bonds is 6. The molecular formula is C20H19NO4S2. The van der Waals surface area contributed by atoms with Crippen LogP contribution in [0, 0.1) is 0 Å². The molecule has 0 unspecified atom stereocenters. The molecule has 0 aliphatic carbocycles. The summed E-state index contributed by atoms with van der Waals surface area (Å²) >= 11 is 3.40. The van der Waals surface area contributed by atoms with Gasteiger partial charge in [-0.25, -0.2) is 9.59 Å². The second-order valence-electron chi connectivity index (χ2n) is 5.71. The Balaban J connectivity index is 1.60. The number of hydrogen-bond acceptors (Lipinski definition) is 7. The van der Waals surface area contributed by atoms with Crippen LogP contribution in [0.25, 0.3) is 0 Å². The molecule has 2 aromatic rings. The van der Waals surface area contributed by atoms with Gasteiger partial charge in [-0.1, -0.05) is 53.9 Å². The third kappa shape index (κ3) is 5.37. The van der Waals surface area contributed by atoms with E-state index in [-0.39, 0.29) is 12.6 Å². The Morgan fingerprint density at radius 3 is 2.59 bits per heavy atom. The normalized spacial score (nSPS) is 13.1. The lowest BCUT2D eigenvalue weighted by molar-refractivity contribution is 0.0470. The van der Waals surface area contributed by atoms with E-state index in [1.54, 1.807) is 53.9 Å². The number of nitrogens with zero attached hydrogens (tertiary/aromatic N) is 1. The minimum Gasteiger partial charge on any atom is -0.465 e. The average molecular weight is 402 g/mol. The van der Waals surface area contributed by atoms with Crippen molar-refractivity contribution in [2.75, 3.05) is 19.4 Å². The van der Waals surface area contributed by atoms with Crippen LogP contribution < -0.4 is 0 Å². The SMILES string of the molecule is COC(=O)c1ccc(COC(=O)c2ccccc2CSC2=NCCS2)cc1. The minimum atomic E-state index is -0.394. The van der Waals surface area contributed by atoms with Crippen LogP contribution >= 0.6 is 23.5 Å². The second kappa shape index (κ2) is 9.62. The molecular weight excluding hydrogens is 382 g/mol. The highest BCUT2D eigenvalue weighted by atomic mass is 32.2. The van der Waals surface area contributed by atoms with E-state index in [1.165, 1.54) is 7.11 Å². The molecule has 0 N–H and O–H groups in total. The number of ether oxygens (including phenoxy) is 2. The molecule has 0 bridgehead atoms.